The van der Waals surface area contributed by atoms with E-state index in [4.69, 9.17) is 9.47 Å². The van der Waals surface area contributed by atoms with Gasteiger partial charge in [-0.05, 0) is 36.8 Å². The fourth-order valence-electron chi connectivity index (χ4n) is 3.12. The lowest BCUT2D eigenvalue weighted by molar-refractivity contribution is -0.127. The summed E-state index contributed by atoms with van der Waals surface area (Å²) in [7, 11) is -3.32. The highest BCUT2D eigenvalue weighted by molar-refractivity contribution is 7.90. The van der Waals surface area contributed by atoms with Gasteiger partial charge in [0.05, 0.1) is 15.1 Å². The van der Waals surface area contributed by atoms with Crippen LogP contribution in [0.4, 0.5) is 0 Å². The van der Waals surface area contributed by atoms with Crippen molar-refractivity contribution >= 4 is 37.3 Å². The number of amides is 1. The molecule has 7 nitrogen and oxygen atoms in total. The van der Waals surface area contributed by atoms with E-state index in [9.17, 15) is 13.2 Å². The van der Waals surface area contributed by atoms with Gasteiger partial charge in [0, 0.05) is 12.8 Å². The molecule has 0 bridgehead atoms. The first-order valence-corrected chi connectivity index (χ1v) is 11.9. The van der Waals surface area contributed by atoms with Gasteiger partial charge in [0.1, 0.15) is 6.61 Å². The van der Waals surface area contributed by atoms with E-state index in [-0.39, 0.29) is 11.5 Å². The zero-order chi connectivity index (χ0) is 20.6. The summed E-state index contributed by atoms with van der Waals surface area (Å²) in [5.41, 5.74) is 0.849. The molecule has 0 fully saturated rings. The molecule has 0 radical (unpaired) electrons. The van der Waals surface area contributed by atoms with Gasteiger partial charge < -0.3 is 14.0 Å². The first-order chi connectivity index (χ1) is 13.9. The molecule has 4 rings (SSSR count). The molecule has 9 heteroatoms. The van der Waals surface area contributed by atoms with Gasteiger partial charge in [0.25, 0.3) is 5.91 Å². The van der Waals surface area contributed by atoms with E-state index in [0.29, 0.717) is 22.8 Å². The second kappa shape index (κ2) is 7.64. The normalized spacial score (nSPS) is 16.9. The first kappa shape index (κ1) is 19.7. The average Bonchev–Trinajstić information content (AvgIpc) is 3.03. The topological polar surface area (TPSA) is 87.0 Å². The van der Waals surface area contributed by atoms with E-state index in [1.165, 1.54) is 17.6 Å². The molecular weight excluding hydrogens is 412 g/mol. The zero-order valence-electron chi connectivity index (χ0n) is 16.0. The highest BCUT2D eigenvalue weighted by Gasteiger charge is 2.27. The molecule has 3 aromatic rings. The Bertz CT molecular complexity index is 1260. The molecule has 0 aliphatic carbocycles. The summed E-state index contributed by atoms with van der Waals surface area (Å²) in [5.74, 6) is 0.690. The third-order valence-electron chi connectivity index (χ3n) is 4.52. The van der Waals surface area contributed by atoms with Gasteiger partial charge in [0.2, 0.25) is 6.10 Å². The number of carbonyl (C=O) groups is 1. The molecular formula is C20H20N2O5S2. The van der Waals surface area contributed by atoms with Crippen LogP contribution in [0.2, 0.25) is 0 Å². The summed E-state index contributed by atoms with van der Waals surface area (Å²) in [6.45, 7) is 2.79. The molecule has 1 aliphatic heterocycles. The molecule has 152 valence electrons. The van der Waals surface area contributed by atoms with Crippen LogP contribution in [-0.2, 0) is 21.2 Å². The highest BCUT2D eigenvalue weighted by Crippen LogP contribution is 2.31. The van der Waals surface area contributed by atoms with Crippen molar-refractivity contribution in [3.63, 3.8) is 0 Å². The highest BCUT2D eigenvalue weighted by atomic mass is 32.2. The van der Waals surface area contributed by atoms with Crippen molar-refractivity contribution in [3.8, 4) is 11.5 Å². The van der Waals surface area contributed by atoms with E-state index in [2.05, 4.69) is 4.99 Å². The smallest absolute Gasteiger partial charge is 0.292 e. The van der Waals surface area contributed by atoms with Gasteiger partial charge in [-0.15, -0.1) is 0 Å². The van der Waals surface area contributed by atoms with Crippen LogP contribution in [0, 0.1) is 0 Å². The summed E-state index contributed by atoms with van der Waals surface area (Å²) in [4.78, 5) is 17.8. The van der Waals surface area contributed by atoms with Crippen LogP contribution in [0.15, 0.2) is 52.4 Å². The molecule has 1 unspecified atom stereocenters. The second-order valence-electron chi connectivity index (χ2n) is 6.75. The van der Waals surface area contributed by atoms with Crippen LogP contribution in [0.1, 0.15) is 13.3 Å². The third kappa shape index (κ3) is 3.92. The molecule has 29 heavy (non-hydrogen) atoms. The predicted molar refractivity (Wildman–Crippen MR) is 110 cm³/mol. The molecule has 0 spiro atoms. The first-order valence-electron chi connectivity index (χ1n) is 9.17. The SMILES string of the molecule is CCCn1c(=NC(=O)C2COc3ccccc3O2)sc2cc(S(C)(=O)=O)ccc21. The molecule has 0 saturated heterocycles. The van der Waals surface area contributed by atoms with E-state index in [1.54, 1.807) is 30.3 Å². The Morgan fingerprint density at radius 3 is 2.72 bits per heavy atom. The second-order valence-corrected chi connectivity index (χ2v) is 9.78. The van der Waals surface area contributed by atoms with Gasteiger partial charge in [-0.2, -0.15) is 4.99 Å². The summed E-state index contributed by atoms with van der Waals surface area (Å²) in [6.07, 6.45) is 1.20. The van der Waals surface area contributed by atoms with Crippen LogP contribution in [0.25, 0.3) is 10.2 Å². The number of benzene rings is 2. The largest absolute Gasteiger partial charge is 0.485 e. The summed E-state index contributed by atoms with van der Waals surface area (Å²) < 4.78 is 37.8. The number of carbonyl (C=O) groups excluding carboxylic acids is 1. The number of hydrogen-bond acceptors (Lipinski definition) is 6. The van der Waals surface area contributed by atoms with E-state index in [1.807, 2.05) is 23.6 Å². The number of aryl methyl sites for hydroxylation is 1. The minimum Gasteiger partial charge on any atom is -0.485 e. The lowest BCUT2D eigenvalue weighted by Gasteiger charge is -2.23. The number of rotatable bonds is 4. The van der Waals surface area contributed by atoms with Crippen molar-refractivity contribution in [1.29, 1.82) is 0 Å². The number of nitrogens with zero attached hydrogens (tertiary/aromatic N) is 2. The number of sulfone groups is 1. The monoisotopic (exact) mass is 432 g/mol. The molecule has 1 aliphatic rings. The Morgan fingerprint density at radius 2 is 2.00 bits per heavy atom. The van der Waals surface area contributed by atoms with Crippen molar-refractivity contribution in [2.45, 2.75) is 30.9 Å². The van der Waals surface area contributed by atoms with Gasteiger partial charge in [0.15, 0.2) is 26.1 Å². The predicted octanol–water partition coefficient (Wildman–Crippen LogP) is 2.78. The number of fused-ring (bicyclic) bond motifs is 2. The molecule has 1 atom stereocenters. The minimum absolute atomic E-state index is 0.0935. The Kier molecular flexibility index (Phi) is 5.18. The standard InChI is InChI=1S/C20H20N2O5S2/c1-3-10-22-14-9-8-13(29(2,24)25)11-18(14)28-20(22)21-19(23)17-12-26-15-6-4-5-7-16(15)27-17/h4-9,11,17H,3,10,12H2,1-2H3. The molecule has 1 aromatic heterocycles. The fraction of sp³-hybridized carbons (Fsp3) is 0.300. The van der Waals surface area contributed by atoms with Crippen molar-refractivity contribution in [2.24, 2.45) is 4.99 Å². The molecule has 1 amide bonds. The van der Waals surface area contributed by atoms with Gasteiger partial charge >= 0.3 is 0 Å². The van der Waals surface area contributed by atoms with Crippen LogP contribution < -0.4 is 14.3 Å². The van der Waals surface area contributed by atoms with Crippen molar-refractivity contribution in [1.82, 2.24) is 4.57 Å². The molecule has 2 aromatic carbocycles. The van der Waals surface area contributed by atoms with E-state index < -0.39 is 21.8 Å². The Balaban J connectivity index is 1.73. The summed E-state index contributed by atoms with van der Waals surface area (Å²) >= 11 is 1.29. The number of ether oxygens (including phenoxy) is 2. The lowest BCUT2D eigenvalue weighted by atomic mass is 10.2. The zero-order valence-corrected chi connectivity index (χ0v) is 17.6. The summed E-state index contributed by atoms with van der Waals surface area (Å²) in [5, 5.41) is 0. The number of para-hydroxylation sites is 2. The average molecular weight is 433 g/mol. The molecule has 0 saturated carbocycles. The lowest BCUT2D eigenvalue weighted by Crippen LogP contribution is -2.36. The van der Waals surface area contributed by atoms with Crippen LogP contribution in [0.5, 0.6) is 11.5 Å². The van der Waals surface area contributed by atoms with Gasteiger partial charge in [-0.25, -0.2) is 8.42 Å². The maximum atomic E-state index is 12.8. The van der Waals surface area contributed by atoms with Crippen LogP contribution in [-0.4, -0.2) is 37.9 Å². The van der Waals surface area contributed by atoms with E-state index >= 15 is 0 Å². The molecule has 0 N–H and O–H groups in total. The van der Waals surface area contributed by atoms with Crippen molar-refractivity contribution in [3.05, 3.63) is 47.3 Å². The van der Waals surface area contributed by atoms with Crippen molar-refractivity contribution < 1.29 is 22.7 Å². The van der Waals surface area contributed by atoms with Gasteiger partial charge in [-0.3, -0.25) is 4.79 Å². The van der Waals surface area contributed by atoms with Crippen LogP contribution in [0.3, 0.4) is 0 Å². The Labute approximate surface area is 172 Å². The third-order valence-corrected chi connectivity index (χ3v) is 6.67. The fourth-order valence-corrected chi connectivity index (χ4v) is 4.94. The van der Waals surface area contributed by atoms with Crippen LogP contribution >= 0.6 is 11.3 Å². The Hall–Kier alpha value is -2.65. The number of aromatic nitrogens is 1. The van der Waals surface area contributed by atoms with E-state index in [0.717, 1.165) is 16.6 Å². The van der Waals surface area contributed by atoms with Crippen molar-refractivity contribution in [2.75, 3.05) is 12.9 Å². The summed E-state index contributed by atoms with van der Waals surface area (Å²) in [6, 6.07) is 12.2. The number of hydrogen-bond donors (Lipinski definition) is 0. The number of thiazole rings is 1. The maximum Gasteiger partial charge on any atom is 0.292 e. The minimum atomic E-state index is -3.32. The molecule has 2 heterocycles. The Morgan fingerprint density at radius 1 is 1.24 bits per heavy atom. The maximum absolute atomic E-state index is 12.8. The van der Waals surface area contributed by atoms with Gasteiger partial charge in [-0.1, -0.05) is 30.4 Å². The quantitative estimate of drug-likeness (QED) is 0.633.